The van der Waals surface area contributed by atoms with Crippen LogP contribution in [0.2, 0.25) is 0 Å². The highest BCUT2D eigenvalue weighted by Crippen LogP contribution is 2.36. The normalized spacial score (nSPS) is 29.4. The van der Waals surface area contributed by atoms with Crippen molar-refractivity contribution in [1.29, 1.82) is 0 Å². The molecule has 1 heterocycles. The van der Waals surface area contributed by atoms with Gasteiger partial charge < -0.3 is 10.9 Å². The summed E-state index contributed by atoms with van der Waals surface area (Å²) in [5.41, 5.74) is 6.99. The topological polar surface area (TPSA) is 61.8 Å². The number of benzene rings is 1. The predicted molar refractivity (Wildman–Crippen MR) is 77.0 cm³/mol. The first-order chi connectivity index (χ1) is 9.06. The van der Waals surface area contributed by atoms with Gasteiger partial charge in [0.05, 0.1) is 0 Å². The van der Waals surface area contributed by atoms with Crippen molar-refractivity contribution < 1.29 is 5.21 Å². The van der Waals surface area contributed by atoms with E-state index in [0.29, 0.717) is 11.8 Å². The Labute approximate surface area is 114 Å². The number of likely N-dealkylation sites (tertiary alicyclic amines) is 1. The van der Waals surface area contributed by atoms with Crippen LogP contribution in [0.4, 0.5) is 0 Å². The summed E-state index contributed by atoms with van der Waals surface area (Å²) in [6, 6.07) is 10.5. The largest absolute Gasteiger partial charge is 0.409 e. The number of nitrogens with zero attached hydrogens (tertiary/aromatic N) is 2. The number of nitrogens with two attached hydrogens (primary N) is 1. The third-order valence-electron chi connectivity index (χ3n) is 4.51. The Morgan fingerprint density at radius 2 is 2.16 bits per heavy atom. The van der Waals surface area contributed by atoms with Gasteiger partial charge in [-0.05, 0) is 24.4 Å². The summed E-state index contributed by atoms with van der Waals surface area (Å²) in [6.07, 6.45) is 0.927. The van der Waals surface area contributed by atoms with Gasteiger partial charge in [-0.2, -0.15) is 0 Å². The molecule has 1 aromatic rings. The van der Waals surface area contributed by atoms with Crippen LogP contribution < -0.4 is 5.73 Å². The van der Waals surface area contributed by atoms with Gasteiger partial charge in [0.15, 0.2) is 0 Å². The van der Waals surface area contributed by atoms with Crippen LogP contribution in [0.15, 0.2) is 35.5 Å². The van der Waals surface area contributed by atoms with Crippen molar-refractivity contribution in [2.45, 2.75) is 26.8 Å². The molecule has 4 heteroatoms. The van der Waals surface area contributed by atoms with Crippen molar-refractivity contribution in [3.05, 3.63) is 35.9 Å². The summed E-state index contributed by atoms with van der Waals surface area (Å²) in [7, 11) is 0. The van der Waals surface area contributed by atoms with Gasteiger partial charge in [-0.3, -0.25) is 4.90 Å². The molecule has 1 fully saturated rings. The quantitative estimate of drug-likeness (QED) is 0.380. The molecule has 1 aliphatic heterocycles. The Morgan fingerprint density at radius 1 is 1.47 bits per heavy atom. The first-order valence-corrected chi connectivity index (χ1v) is 6.80. The van der Waals surface area contributed by atoms with E-state index in [4.69, 9.17) is 10.9 Å². The van der Waals surface area contributed by atoms with E-state index >= 15 is 0 Å². The second-order valence-corrected chi connectivity index (χ2v) is 5.77. The fourth-order valence-corrected chi connectivity index (χ4v) is 2.80. The minimum Gasteiger partial charge on any atom is -0.409 e. The van der Waals surface area contributed by atoms with E-state index in [-0.39, 0.29) is 5.41 Å². The van der Waals surface area contributed by atoms with E-state index in [2.05, 4.69) is 48.2 Å². The lowest BCUT2D eigenvalue weighted by Crippen LogP contribution is -2.50. The van der Waals surface area contributed by atoms with Gasteiger partial charge in [-0.15, -0.1) is 0 Å². The molecule has 0 spiro atoms. The van der Waals surface area contributed by atoms with Crippen molar-refractivity contribution >= 4 is 5.84 Å². The summed E-state index contributed by atoms with van der Waals surface area (Å²) >= 11 is 0. The molecule has 19 heavy (non-hydrogen) atoms. The second-order valence-electron chi connectivity index (χ2n) is 5.77. The number of piperidine rings is 1. The third kappa shape index (κ3) is 2.89. The SMILES string of the molecule is CC1CN(Cc2ccccc2)CCC1(C)/C(N)=N/O. The average Bonchev–Trinajstić information content (AvgIpc) is 2.43. The standard InChI is InChI=1S/C15H23N3O/c1-12-10-18(11-13-6-4-3-5-7-13)9-8-15(12,2)14(16)17-19/h3-7,12,19H,8-11H2,1-2H3,(H2,16,17). The zero-order chi connectivity index (χ0) is 13.9. The van der Waals surface area contributed by atoms with Gasteiger partial charge in [-0.25, -0.2) is 0 Å². The lowest BCUT2D eigenvalue weighted by molar-refractivity contribution is 0.0956. The summed E-state index contributed by atoms with van der Waals surface area (Å²) < 4.78 is 0. The minimum atomic E-state index is -0.193. The van der Waals surface area contributed by atoms with Crippen LogP contribution in [0.1, 0.15) is 25.8 Å². The molecule has 0 aliphatic carbocycles. The van der Waals surface area contributed by atoms with Gasteiger partial charge in [0.1, 0.15) is 5.84 Å². The Balaban J connectivity index is 2.01. The summed E-state index contributed by atoms with van der Waals surface area (Å²) in [6.45, 7) is 7.19. The molecular formula is C15H23N3O. The highest BCUT2D eigenvalue weighted by molar-refractivity contribution is 5.86. The molecule has 0 aromatic heterocycles. The molecule has 4 nitrogen and oxygen atoms in total. The molecule has 2 unspecified atom stereocenters. The average molecular weight is 261 g/mol. The van der Waals surface area contributed by atoms with E-state index < -0.39 is 0 Å². The number of amidine groups is 1. The van der Waals surface area contributed by atoms with Crippen molar-refractivity contribution in [1.82, 2.24) is 4.90 Å². The van der Waals surface area contributed by atoms with Crippen molar-refractivity contribution in [2.75, 3.05) is 13.1 Å². The maximum Gasteiger partial charge on any atom is 0.145 e. The zero-order valence-corrected chi connectivity index (χ0v) is 11.7. The van der Waals surface area contributed by atoms with Gasteiger partial charge in [0, 0.05) is 18.5 Å². The van der Waals surface area contributed by atoms with Crippen LogP contribution in [0, 0.1) is 11.3 Å². The van der Waals surface area contributed by atoms with E-state index in [1.54, 1.807) is 0 Å². The van der Waals surface area contributed by atoms with E-state index in [0.717, 1.165) is 26.1 Å². The molecule has 3 N–H and O–H groups in total. The predicted octanol–water partition coefficient (Wildman–Crippen LogP) is 2.28. The smallest absolute Gasteiger partial charge is 0.145 e. The van der Waals surface area contributed by atoms with E-state index in [1.807, 2.05) is 6.07 Å². The van der Waals surface area contributed by atoms with Gasteiger partial charge in [-0.1, -0.05) is 49.3 Å². The molecule has 1 aliphatic rings. The zero-order valence-electron chi connectivity index (χ0n) is 11.7. The highest BCUT2D eigenvalue weighted by Gasteiger charge is 2.40. The molecule has 2 atom stereocenters. The fraction of sp³-hybridized carbons (Fsp3) is 0.533. The van der Waals surface area contributed by atoms with Crippen molar-refractivity contribution in [3.8, 4) is 0 Å². The summed E-state index contributed by atoms with van der Waals surface area (Å²) in [4.78, 5) is 2.44. The summed E-state index contributed by atoms with van der Waals surface area (Å²) in [5, 5.41) is 12.1. The lowest BCUT2D eigenvalue weighted by atomic mass is 9.71. The fourth-order valence-electron chi connectivity index (χ4n) is 2.80. The summed E-state index contributed by atoms with van der Waals surface area (Å²) in [5.74, 6) is 0.736. The Morgan fingerprint density at radius 3 is 2.74 bits per heavy atom. The molecular weight excluding hydrogens is 238 g/mol. The Hall–Kier alpha value is -1.55. The first kappa shape index (κ1) is 13.9. The third-order valence-corrected chi connectivity index (χ3v) is 4.51. The maximum absolute atomic E-state index is 8.92. The number of hydrogen-bond donors (Lipinski definition) is 2. The molecule has 0 saturated carbocycles. The first-order valence-electron chi connectivity index (χ1n) is 6.80. The molecule has 104 valence electrons. The van der Waals surface area contributed by atoms with E-state index in [9.17, 15) is 0 Å². The minimum absolute atomic E-state index is 0.193. The van der Waals surface area contributed by atoms with Crippen LogP contribution in [-0.2, 0) is 6.54 Å². The monoisotopic (exact) mass is 261 g/mol. The van der Waals surface area contributed by atoms with Crippen LogP contribution in [0.25, 0.3) is 0 Å². The van der Waals surface area contributed by atoms with Crippen LogP contribution >= 0.6 is 0 Å². The van der Waals surface area contributed by atoms with E-state index in [1.165, 1.54) is 5.56 Å². The molecule has 0 radical (unpaired) electrons. The molecule has 0 amide bonds. The van der Waals surface area contributed by atoms with Gasteiger partial charge in [0.25, 0.3) is 0 Å². The lowest BCUT2D eigenvalue weighted by Gasteiger charge is -2.43. The Kier molecular flexibility index (Phi) is 4.10. The number of oxime groups is 1. The van der Waals surface area contributed by atoms with Crippen LogP contribution in [0.3, 0.4) is 0 Å². The second kappa shape index (κ2) is 5.61. The Bertz CT molecular complexity index is 446. The maximum atomic E-state index is 8.92. The van der Waals surface area contributed by atoms with Gasteiger partial charge in [0.2, 0.25) is 0 Å². The molecule has 2 rings (SSSR count). The number of rotatable bonds is 3. The van der Waals surface area contributed by atoms with Gasteiger partial charge >= 0.3 is 0 Å². The number of hydrogen-bond acceptors (Lipinski definition) is 3. The molecule has 1 saturated heterocycles. The molecule has 0 bridgehead atoms. The van der Waals surface area contributed by atoms with Crippen LogP contribution in [-0.4, -0.2) is 29.0 Å². The molecule has 1 aromatic carbocycles. The van der Waals surface area contributed by atoms with Crippen molar-refractivity contribution in [3.63, 3.8) is 0 Å². The van der Waals surface area contributed by atoms with Crippen LogP contribution in [0.5, 0.6) is 0 Å². The van der Waals surface area contributed by atoms with Crippen molar-refractivity contribution in [2.24, 2.45) is 22.2 Å². The highest BCUT2D eigenvalue weighted by atomic mass is 16.4.